The molecule has 1 aliphatic heterocycles. The number of aliphatic hydroxyl groups is 1. The van der Waals surface area contributed by atoms with Crippen LogP contribution in [0.25, 0.3) is 0 Å². The van der Waals surface area contributed by atoms with Gasteiger partial charge >= 0.3 is 5.97 Å². The van der Waals surface area contributed by atoms with Gasteiger partial charge in [0.25, 0.3) is 0 Å². The third kappa shape index (κ3) is 3.19. The lowest BCUT2D eigenvalue weighted by Gasteiger charge is -2.25. The zero-order valence-electron chi connectivity index (χ0n) is 13.3. The Balaban J connectivity index is 1.74. The Morgan fingerprint density at radius 1 is 1.33 bits per heavy atom. The molecule has 1 saturated heterocycles. The molecule has 1 aliphatic rings. The topological polar surface area (TPSA) is 91.0 Å². The Labute approximate surface area is 139 Å². The number of rotatable bonds is 6. The van der Waals surface area contributed by atoms with Crippen LogP contribution in [0.3, 0.4) is 0 Å². The summed E-state index contributed by atoms with van der Waals surface area (Å²) in [5.74, 6) is -1.27. The molecule has 24 heavy (non-hydrogen) atoms. The van der Waals surface area contributed by atoms with Crippen LogP contribution in [0.15, 0.2) is 47.2 Å². The van der Waals surface area contributed by atoms with Crippen molar-refractivity contribution in [3.63, 3.8) is 0 Å². The summed E-state index contributed by atoms with van der Waals surface area (Å²) in [4.78, 5) is 16.6. The van der Waals surface area contributed by atoms with E-state index in [0.717, 1.165) is 0 Å². The van der Waals surface area contributed by atoms with Gasteiger partial charge in [0.1, 0.15) is 18.5 Å². The number of furan rings is 1. The zero-order chi connectivity index (χ0) is 17.0. The van der Waals surface area contributed by atoms with Crippen LogP contribution in [-0.4, -0.2) is 34.9 Å². The summed E-state index contributed by atoms with van der Waals surface area (Å²) in [6, 6.07) is 8.75. The molecular formula is C17H19NO6. The van der Waals surface area contributed by atoms with Crippen molar-refractivity contribution in [1.29, 1.82) is 0 Å². The van der Waals surface area contributed by atoms with Gasteiger partial charge in [0.05, 0.1) is 18.6 Å². The fourth-order valence-corrected chi connectivity index (χ4v) is 2.62. The van der Waals surface area contributed by atoms with Gasteiger partial charge in [0, 0.05) is 12.6 Å². The molecule has 7 heteroatoms. The molecule has 3 unspecified atom stereocenters. The first kappa shape index (κ1) is 16.6. The van der Waals surface area contributed by atoms with Crippen LogP contribution in [0.2, 0.25) is 0 Å². The zero-order valence-corrected chi connectivity index (χ0v) is 13.3. The summed E-state index contributed by atoms with van der Waals surface area (Å²) >= 11 is 0. The van der Waals surface area contributed by atoms with Gasteiger partial charge in [-0.3, -0.25) is 4.98 Å². The summed E-state index contributed by atoms with van der Waals surface area (Å²) in [5.41, 5.74) is 0.548. The lowest BCUT2D eigenvalue weighted by atomic mass is 10.1. The van der Waals surface area contributed by atoms with Crippen LogP contribution >= 0.6 is 0 Å². The molecule has 2 aromatic rings. The Morgan fingerprint density at radius 2 is 2.21 bits per heavy atom. The third-order valence-corrected chi connectivity index (χ3v) is 3.87. The molecule has 3 heterocycles. The quantitative estimate of drug-likeness (QED) is 0.805. The number of aliphatic hydroxyl groups excluding tert-OH is 1. The minimum absolute atomic E-state index is 0.00739. The molecular weight excluding hydrogens is 314 g/mol. The highest BCUT2D eigenvalue weighted by Gasteiger charge is 2.52. The normalized spacial score (nSPS) is 26.4. The van der Waals surface area contributed by atoms with Crippen molar-refractivity contribution in [3.05, 3.63) is 54.2 Å². The second-order valence-corrected chi connectivity index (χ2v) is 5.39. The first-order valence-corrected chi connectivity index (χ1v) is 7.75. The van der Waals surface area contributed by atoms with E-state index in [4.69, 9.17) is 18.6 Å². The van der Waals surface area contributed by atoms with Gasteiger partial charge in [-0.05, 0) is 24.3 Å². The number of aromatic nitrogens is 1. The molecule has 0 amide bonds. The van der Waals surface area contributed by atoms with Gasteiger partial charge in [0.15, 0.2) is 6.10 Å². The van der Waals surface area contributed by atoms with Crippen molar-refractivity contribution in [2.45, 2.75) is 37.9 Å². The predicted molar refractivity (Wildman–Crippen MR) is 81.5 cm³/mol. The van der Waals surface area contributed by atoms with Crippen LogP contribution in [0.1, 0.15) is 24.8 Å². The van der Waals surface area contributed by atoms with Crippen molar-refractivity contribution >= 4 is 5.97 Å². The van der Waals surface area contributed by atoms with Crippen LogP contribution in [-0.2, 0) is 31.4 Å². The van der Waals surface area contributed by atoms with Crippen LogP contribution in [0, 0.1) is 0 Å². The Kier molecular flexibility index (Phi) is 4.94. The molecule has 2 aromatic heterocycles. The maximum Gasteiger partial charge on any atom is 0.338 e. The first-order valence-electron chi connectivity index (χ1n) is 7.75. The number of esters is 1. The van der Waals surface area contributed by atoms with E-state index in [-0.39, 0.29) is 13.2 Å². The Morgan fingerprint density at radius 3 is 2.83 bits per heavy atom. The summed E-state index contributed by atoms with van der Waals surface area (Å²) in [6.45, 7) is 1.49. The largest absolute Gasteiger partial charge is 0.466 e. The van der Waals surface area contributed by atoms with Gasteiger partial charge in [-0.1, -0.05) is 13.0 Å². The van der Waals surface area contributed by atoms with Gasteiger partial charge < -0.3 is 23.7 Å². The summed E-state index contributed by atoms with van der Waals surface area (Å²) in [5, 5.41) is 9.56. The van der Waals surface area contributed by atoms with Crippen LogP contribution in [0.4, 0.5) is 0 Å². The standard InChI is InChI=1S/C17H19NO6/c1-2-17(14-7-3-4-8-18-14)23-13(10-19)15(24-17)16(20)22-11-12-6-5-9-21-12/h3-9,13,15,19H,2,10-11H2,1H3. The van der Waals surface area contributed by atoms with Crippen molar-refractivity contribution in [2.24, 2.45) is 0 Å². The van der Waals surface area contributed by atoms with E-state index >= 15 is 0 Å². The van der Waals surface area contributed by atoms with E-state index in [1.54, 1.807) is 30.5 Å². The summed E-state index contributed by atoms with van der Waals surface area (Å²) < 4.78 is 22.0. The molecule has 0 bridgehead atoms. The molecule has 0 aliphatic carbocycles. The van der Waals surface area contributed by atoms with E-state index in [9.17, 15) is 9.90 Å². The fraction of sp³-hybridized carbons (Fsp3) is 0.412. The molecule has 3 rings (SSSR count). The van der Waals surface area contributed by atoms with Gasteiger partial charge in [-0.25, -0.2) is 4.79 Å². The van der Waals surface area contributed by atoms with Gasteiger partial charge in [0.2, 0.25) is 5.79 Å². The van der Waals surface area contributed by atoms with Gasteiger partial charge in [-0.2, -0.15) is 0 Å². The van der Waals surface area contributed by atoms with Crippen molar-refractivity contribution in [3.8, 4) is 0 Å². The highest BCUT2D eigenvalue weighted by molar-refractivity contribution is 5.76. The third-order valence-electron chi connectivity index (χ3n) is 3.87. The highest BCUT2D eigenvalue weighted by Crippen LogP contribution is 2.39. The number of ether oxygens (including phenoxy) is 3. The van der Waals surface area contributed by atoms with Crippen molar-refractivity contribution in [1.82, 2.24) is 4.98 Å². The SMILES string of the molecule is CCC1(c2ccccn2)OC(CO)C(C(=O)OCc2ccco2)O1. The molecule has 0 spiro atoms. The van der Waals surface area contributed by atoms with Crippen molar-refractivity contribution < 1.29 is 28.5 Å². The summed E-state index contributed by atoms with van der Waals surface area (Å²) in [7, 11) is 0. The second-order valence-electron chi connectivity index (χ2n) is 5.39. The molecule has 0 saturated carbocycles. The molecule has 0 radical (unpaired) electrons. The number of carbonyl (C=O) groups excluding carboxylic acids is 1. The molecule has 1 N–H and O–H groups in total. The van der Waals surface area contributed by atoms with Crippen LogP contribution in [0.5, 0.6) is 0 Å². The number of hydrogen-bond donors (Lipinski definition) is 1. The number of hydrogen-bond acceptors (Lipinski definition) is 7. The lowest BCUT2D eigenvalue weighted by molar-refractivity contribution is -0.198. The van der Waals surface area contributed by atoms with E-state index in [1.165, 1.54) is 6.26 Å². The Bertz CT molecular complexity index is 659. The maximum absolute atomic E-state index is 12.3. The molecule has 1 fully saturated rings. The van der Waals surface area contributed by atoms with Gasteiger partial charge in [-0.15, -0.1) is 0 Å². The minimum Gasteiger partial charge on any atom is -0.466 e. The highest BCUT2D eigenvalue weighted by atomic mass is 16.8. The fourth-order valence-electron chi connectivity index (χ4n) is 2.62. The Hall–Kier alpha value is -2.22. The number of carbonyl (C=O) groups is 1. The molecule has 128 valence electrons. The monoisotopic (exact) mass is 333 g/mol. The molecule has 0 aromatic carbocycles. The van der Waals surface area contributed by atoms with Crippen molar-refractivity contribution in [2.75, 3.05) is 6.61 Å². The average Bonchev–Trinajstić information content (AvgIpc) is 3.28. The predicted octanol–water partition coefficient (Wildman–Crippen LogP) is 1.76. The summed E-state index contributed by atoms with van der Waals surface area (Å²) in [6.07, 6.45) is 1.69. The number of pyridine rings is 1. The van der Waals surface area contributed by atoms with E-state index in [0.29, 0.717) is 17.9 Å². The number of nitrogens with zero attached hydrogens (tertiary/aromatic N) is 1. The average molecular weight is 333 g/mol. The maximum atomic E-state index is 12.3. The van der Waals surface area contributed by atoms with E-state index < -0.39 is 24.0 Å². The molecule has 7 nitrogen and oxygen atoms in total. The minimum atomic E-state index is -1.18. The van der Waals surface area contributed by atoms with E-state index in [1.807, 2.05) is 13.0 Å². The molecule has 3 atom stereocenters. The smallest absolute Gasteiger partial charge is 0.338 e. The van der Waals surface area contributed by atoms with Crippen LogP contribution < -0.4 is 0 Å². The van der Waals surface area contributed by atoms with E-state index in [2.05, 4.69) is 4.98 Å². The first-order chi connectivity index (χ1) is 11.7. The second kappa shape index (κ2) is 7.12. The lowest BCUT2D eigenvalue weighted by Crippen LogP contribution is -2.35.